The minimum absolute atomic E-state index is 0. The zero-order chi connectivity index (χ0) is 13.0. The fraction of sp³-hybridized carbons (Fsp3) is 0.500. The molecule has 0 aliphatic carbocycles. The molecule has 2 N–H and O–H groups in total. The van der Waals surface area contributed by atoms with E-state index < -0.39 is 0 Å². The van der Waals surface area contributed by atoms with Crippen molar-refractivity contribution in [3.8, 4) is 0 Å². The molecule has 19 heavy (non-hydrogen) atoms. The van der Waals surface area contributed by atoms with Crippen molar-refractivity contribution >= 4 is 29.9 Å². The summed E-state index contributed by atoms with van der Waals surface area (Å²) in [4.78, 5) is 11.9. The number of amides is 1. The van der Waals surface area contributed by atoms with Crippen molar-refractivity contribution in [2.24, 2.45) is 5.92 Å². The number of halogens is 2. The van der Waals surface area contributed by atoms with Crippen LogP contribution < -0.4 is 10.6 Å². The first-order chi connectivity index (χ1) is 8.66. The quantitative estimate of drug-likeness (QED) is 0.898. The number of rotatable bonds is 4. The smallest absolute Gasteiger partial charge is 0.252 e. The standard InChI is InChI=1S/C14H19ClN2O.ClH/c1-10-2-3-12(13(15)8-10)14(18)17-7-5-11-4-6-16-9-11;/h2-3,8,11,16H,4-7,9H2,1H3,(H,17,18);1H. The van der Waals surface area contributed by atoms with Crippen molar-refractivity contribution in [1.82, 2.24) is 10.6 Å². The van der Waals surface area contributed by atoms with Crippen LogP contribution in [0, 0.1) is 12.8 Å². The van der Waals surface area contributed by atoms with Gasteiger partial charge >= 0.3 is 0 Å². The lowest BCUT2D eigenvalue weighted by Crippen LogP contribution is -2.26. The number of aryl methyl sites for hydroxylation is 1. The Labute approximate surface area is 125 Å². The lowest BCUT2D eigenvalue weighted by atomic mass is 10.1. The molecule has 1 aliphatic heterocycles. The maximum absolute atomic E-state index is 11.9. The van der Waals surface area contributed by atoms with E-state index in [2.05, 4.69) is 10.6 Å². The summed E-state index contributed by atoms with van der Waals surface area (Å²) in [5, 5.41) is 6.78. The zero-order valence-corrected chi connectivity index (χ0v) is 12.6. The second-order valence-electron chi connectivity index (χ2n) is 4.89. The minimum atomic E-state index is -0.0778. The molecular formula is C14H20Cl2N2O. The first-order valence-electron chi connectivity index (χ1n) is 6.42. The summed E-state index contributed by atoms with van der Waals surface area (Å²) in [6.45, 7) is 4.85. The minimum Gasteiger partial charge on any atom is -0.352 e. The van der Waals surface area contributed by atoms with Crippen molar-refractivity contribution in [3.63, 3.8) is 0 Å². The summed E-state index contributed by atoms with van der Waals surface area (Å²) in [5.41, 5.74) is 1.63. The first-order valence-corrected chi connectivity index (χ1v) is 6.79. The molecule has 1 fully saturated rings. The molecule has 3 nitrogen and oxygen atoms in total. The van der Waals surface area contributed by atoms with Crippen LogP contribution in [0.4, 0.5) is 0 Å². The molecule has 1 aliphatic rings. The number of nitrogens with one attached hydrogen (secondary N) is 2. The van der Waals surface area contributed by atoms with E-state index in [1.54, 1.807) is 6.07 Å². The summed E-state index contributed by atoms with van der Waals surface area (Å²) in [6.07, 6.45) is 2.24. The van der Waals surface area contributed by atoms with Crippen molar-refractivity contribution in [1.29, 1.82) is 0 Å². The molecule has 1 saturated heterocycles. The van der Waals surface area contributed by atoms with Crippen LogP contribution >= 0.6 is 24.0 Å². The molecule has 0 bridgehead atoms. The Hall–Kier alpha value is -0.770. The summed E-state index contributed by atoms with van der Waals surface area (Å²) in [5.74, 6) is 0.616. The third kappa shape index (κ3) is 4.68. The highest BCUT2D eigenvalue weighted by molar-refractivity contribution is 6.33. The van der Waals surface area contributed by atoms with Crippen LogP contribution in [0.25, 0.3) is 0 Å². The molecule has 1 aromatic carbocycles. The van der Waals surface area contributed by atoms with E-state index >= 15 is 0 Å². The first kappa shape index (κ1) is 16.3. The number of carbonyl (C=O) groups is 1. The van der Waals surface area contributed by atoms with E-state index in [4.69, 9.17) is 11.6 Å². The fourth-order valence-corrected chi connectivity index (χ4v) is 2.57. The Kier molecular flexibility index (Phi) is 6.63. The van der Waals surface area contributed by atoms with Gasteiger partial charge in [0, 0.05) is 6.54 Å². The normalized spacial score (nSPS) is 17.9. The molecular weight excluding hydrogens is 283 g/mol. The Bertz CT molecular complexity index is 431. The fourth-order valence-electron chi connectivity index (χ4n) is 2.25. The lowest BCUT2D eigenvalue weighted by Gasteiger charge is -2.10. The van der Waals surface area contributed by atoms with E-state index in [-0.39, 0.29) is 18.3 Å². The lowest BCUT2D eigenvalue weighted by molar-refractivity contribution is 0.0952. The number of carbonyl (C=O) groups excluding carboxylic acids is 1. The Morgan fingerprint density at radius 1 is 1.53 bits per heavy atom. The third-order valence-corrected chi connectivity index (χ3v) is 3.68. The number of hydrogen-bond acceptors (Lipinski definition) is 2. The van der Waals surface area contributed by atoms with Crippen molar-refractivity contribution in [3.05, 3.63) is 34.3 Å². The van der Waals surface area contributed by atoms with Gasteiger partial charge in [-0.15, -0.1) is 12.4 Å². The Morgan fingerprint density at radius 3 is 2.95 bits per heavy atom. The molecule has 0 spiro atoms. The van der Waals surface area contributed by atoms with Gasteiger partial charge in [-0.25, -0.2) is 0 Å². The zero-order valence-electron chi connectivity index (χ0n) is 11.0. The predicted molar refractivity (Wildman–Crippen MR) is 81.4 cm³/mol. The largest absolute Gasteiger partial charge is 0.352 e. The SMILES string of the molecule is Cc1ccc(C(=O)NCCC2CCNC2)c(Cl)c1.Cl. The average Bonchev–Trinajstić information content (AvgIpc) is 2.81. The third-order valence-electron chi connectivity index (χ3n) is 3.37. The van der Waals surface area contributed by atoms with Crippen molar-refractivity contribution in [2.75, 3.05) is 19.6 Å². The summed E-state index contributed by atoms with van der Waals surface area (Å²) in [6, 6.07) is 5.50. The molecule has 106 valence electrons. The van der Waals surface area contributed by atoms with Gasteiger partial charge < -0.3 is 10.6 Å². The second kappa shape index (κ2) is 7.73. The van der Waals surface area contributed by atoms with Crippen LogP contribution in [-0.2, 0) is 0 Å². The van der Waals surface area contributed by atoms with E-state index in [0.717, 1.165) is 31.6 Å². The monoisotopic (exact) mass is 302 g/mol. The van der Waals surface area contributed by atoms with Crippen LogP contribution in [-0.4, -0.2) is 25.5 Å². The van der Waals surface area contributed by atoms with Gasteiger partial charge in [0.05, 0.1) is 10.6 Å². The van der Waals surface area contributed by atoms with Gasteiger partial charge in [-0.2, -0.15) is 0 Å². The highest BCUT2D eigenvalue weighted by Gasteiger charge is 2.15. The maximum atomic E-state index is 11.9. The van der Waals surface area contributed by atoms with Crippen LogP contribution in [0.5, 0.6) is 0 Å². The van der Waals surface area contributed by atoms with E-state index in [1.165, 1.54) is 6.42 Å². The predicted octanol–water partition coefficient (Wildman–Crippen LogP) is 2.80. The Balaban J connectivity index is 0.00000180. The van der Waals surface area contributed by atoms with Gasteiger partial charge in [-0.05, 0) is 56.5 Å². The topological polar surface area (TPSA) is 41.1 Å². The summed E-state index contributed by atoms with van der Waals surface area (Å²) in [7, 11) is 0. The molecule has 5 heteroatoms. The van der Waals surface area contributed by atoms with Crippen molar-refractivity contribution in [2.45, 2.75) is 19.8 Å². The van der Waals surface area contributed by atoms with Gasteiger partial charge in [-0.3, -0.25) is 4.79 Å². The van der Waals surface area contributed by atoms with Gasteiger partial charge in [0.25, 0.3) is 5.91 Å². The van der Waals surface area contributed by atoms with Gasteiger partial charge in [0.2, 0.25) is 0 Å². The van der Waals surface area contributed by atoms with Gasteiger partial charge in [-0.1, -0.05) is 17.7 Å². The van der Waals surface area contributed by atoms with Gasteiger partial charge in [0.15, 0.2) is 0 Å². The molecule has 1 aromatic rings. The summed E-state index contributed by atoms with van der Waals surface area (Å²) < 4.78 is 0. The van der Waals surface area contributed by atoms with E-state index in [9.17, 15) is 4.79 Å². The molecule has 1 heterocycles. The van der Waals surface area contributed by atoms with Crippen LogP contribution in [0.15, 0.2) is 18.2 Å². The second-order valence-corrected chi connectivity index (χ2v) is 5.29. The molecule has 0 radical (unpaired) electrons. The molecule has 2 rings (SSSR count). The molecule has 0 aromatic heterocycles. The van der Waals surface area contributed by atoms with E-state index in [0.29, 0.717) is 16.5 Å². The number of benzene rings is 1. The van der Waals surface area contributed by atoms with E-state index in [1.807, 2.05) is 19.1 Å². The highest BCUT2D eigenvalue weighted by atomic mass is 35.5. The highest BCUT2D eigenvalue weighted by Crippen LogP contribution is 2.17. The summed E-state index contributed by atoms with van der Waals surface area (Å²) >= 11 is 6.06. The van der Waals surface area contributed by atoms with Gasteiger partial charge in [0.1, 0.15) is 0 Å². The average molecular weight is 303 g/mol. The van der Waals surface area contributed by atoms with Crippen LogP contribution in [0.3, 0.4) is 0 Å². The maximum Gasteiger partial charge on any atom is 0.252 e. The van der Waals surface area contributed by atoms with Crippen LogP contribution in [0.1, 0.15) is 28.8 Å². The molecule has 1 amide bonds. The molecule has 0 saturated carbocycles. The molecule has 1 unspecified atom stereocenters. The number of hydrogen-bond donors (Lipinski definition) is 2. The van der Waals surface area contributed by atoms with Crippen LogP contribution in [0.2, 0.25) is 5.02 Å². The Morgan fingerprint density at radius 2 is 2.32 bits per heavy atom. The van der Waals surface area contributed by atoms with Crippen molar-refractivity contribution < 1.29 is 4.79 Å². The molecule has 1 atom stereocenters.